The number of para-hydroxylation sites is 2. The van der Waals surface area contributed by atoms with Crippen molar-refractivity contribution in [2.45, 2.75) is 13.5 Å². The molecule has 29 heavy (non-hydrogen) atoms. The molecular weight excluding hydrogens is 364 g/mol. The molecule has 1 amide bonds. The second-order valence-corrected chi connectivity index (χ2v) is 6.77. The molecule has 0 bridgehead atoms. The van der Waals surface area contributed by atoms with Gasteiger partial charge in [0.05, 0.1) is 17.2 Å². The number of fused-ring (bicyclic) bond motifs is 1. The van der Waals surface area contributed by atoms with Crippen LogP contribution >= 0.6 is 0 Å². The van der Waals surface area contributed by atoms with Gasteiger partial charge in [0, 0.05) is 17.1 Å². The van der Waals surface area contributed by atoms with Gasteiger partial charge in [0.15, 0.2) is 0 Å². The van der Waals surface area contributed by atoms with E-state index in [4.69, 9.17) is 0 Å². The Labute approximate surface area is 167 Å². The molecule has 0 atom stereocenters. The van der Waals surface area contributed by atoms with Crippen molar-refractivity contribution < 1.29 is 4.79 Å². The van der Waals surface area contributed by atoms with Gasteiger partial charge in [-0.25, -0.2) is 4.98 Å². The summed E-state index contributed by atoms with van der Waals surface area (Å²) in [7, 11) is 0. The van der Waals surface area contributed by atoms with Gasteiger partial charge in [0.25, 0.3) is 5.56 Å². The summed E-state index contributed by atoms with van der Waals surface area (Å²) in [5.74, 6) is -0.287. The van der Waals surface area contributed by atoms with Crippen LogP contribution in [0.15, 0.2) is 83.9 Å². The lowest BCUT2D eigenvalue weighted by atomic mass is 10.1. The number of aryl methyl sites for hydroxylation is 1. The molecule has 0 fully saturated rings. The molecule has 4 aromatic rings. The van der Waals surface area contributed by atoms with Crippen LogP contribution in [-0.4, -0.2) is 15.5 Å². The van der Waals surface area contributed by atoms with Crippen LogP contribution in [0.3, 0.4) is 0 Å². The van der Waals surface area contributed by atoms with Crippen molar-refractivity contribution in [3.05, 3.63) is 95.0 Å². The second kappa shape index (κ2) is 7.98. The van der Waals surface area contributed by atoms with Crippen LogP contribution in [-0.2, 0) is 11.3 Å². The van der Waals surface area contributed by atoms with Gasteiger partial charge in [-0.1, -0.05) is 30.3 Å². The van der Waals surface area contributed by atoms with E-state index in [1.54, 1.807) is 6.07 Å². The molecule has 0 saturated carbocycles. The number of hydrogen-bond donors (Lipinski definition) is 2. The Morgan fingerprint density at radius 3 is 2.34 bits per heavy atom. The first-order valence-corrected chi connectivity index (χ1v) is 9.27. The molecule has 6 nitrogen and oxygen atoms in total. The molecule has 0 aliphatic carbocycles. The van der Waals surface area contributed by atoms with E-state index in [0.29, 0.717) is 16.6 Å². The fourth-order valence-electron chi connectivity index (χ4n) is 3.13. The first kappa shape index (κ1) is 18.4. The smallest absolute Gasteiger partial charge is 0.261 e. The van der Waals surface area contributed by atoms with Gasteiger partial charge < -0.3 is 10.6 Å². The number of rotatable bonds is 5. The first-order valence-electron chi connectivity index (χ1n) is 9.27. The van der Waals surface area contributed by atoms with Crippen LogP contribution in [0.5, 0.6) is 0 Å². The van der Waals surface area contributed by atoms with Crippen molar-refractivity contribution in [3.8, 4) is 0 Å². The van der Waals surface area contributed by atoms with Crippen LogP contribution in [0.4, 0.5) is 17.1 Å². The third kappa shape index (κ3) is 4.16. The average molecular weight is 384 g/mol. The van der Waals surface area contributed by atoms with Crippen molar-refractivity contribution >= 4 is 33.9 Å². The quantitative estimate of drug-likeness (QED) is 0.543. The van der Waals surface area contributed by atoms with Crippen LogP contribution in [0.1, 0.15) is 5.56 Å². The lowest BCUT2D eigenvalue weighted by Crippen LogP contribution is -2.28. The number of nitrogens with zero attached hydrogens (tertiary/aromatic N) is 2. The van der Waals surface area contributed by atoms with Crippen LogP contribution in [0.2, 0.25) is 0 Å². The van der Waals surface area contributed by atoms with Gasteiger partial charge in [-0.05, 0) is 55.0 Å². The van der Waals surface area contributed by atoms with E-state index in [9.17, 15) is 9.59 Å². The summed E-state index contributed by atoms with van der Waals surface area (Å²) in [4.78, 5) is 29.3. The third-order valence-electron chi connectivity index (χ3n) is 4.60. The number of amides is 1. The van der Waals surface area contributed by atoms with E-state index in [-0.39, 0.29) is 18.0 Å². The lowest BCUT2D eigenvalue weighted by molar-refractivity contribution is -0.116. The van der Waals surface area contributed by atoms with Crippen LogP contribution in [0.25, 0.3) is 10.9 Å². The maximum atomic E-state index is 12.6. The van der Waals surface area contributed by atoms with E-state index in [0.717, 1.165) is 16.9 Å². The highest BCUT2D eigenvalue weighted by Crippen LogP contribution is 2.18. The maximum absolute atomic E-state index is 12.6. The number of carbonyl (C=O) groups is 1. The Morgan fingerprint density at radius 1 is 0.897 bits per heavy atom. The predicted molar refractivity (Wildman–Crippen MR) is 116 cm³/mol. The molecular formula is C23H20N4O2. The number of benzene rings is 3. The lowest BCUT2D eigenvalue weighted by Gasteiger charge is -2.10. The summed E-state index contributed by atoms with van der Waals surface area (Å²) < 4.78 is 1.32. The summed E-state index contributed by atoms with van der Waals surface area (Å²) in [6.45, 7) is 1.81. The summed E-state index contributed by atoms with van der Waals surface area (Å²) >= 11 is 0. The normalized spacial score (nSPS) is 10.7. The maximum Gasteiger partial charge on any atom is 0.261 e. The average Bonchev–Trinajstić information content (AvgIpc) is 2.73. The number of anilines is 3. The predicted octanol–water partition coefficient (Wildman–Crippen LogP) is 4.09. The zero-order valence-corrected chi connectivity index (χ0v) is 15.9. The summed E-state index contributed by atoms with van der Waals surface area (Å²) in [6.07, 6.45) is 1.42. The second-order valence-electron chi connectivity index (χ2n) is 6.77. The number of hydrogen-bond acceptors (Lipinski definition) is 4. The SMILES string of the molecule is Cc1cccc2c(=O)n(CC(=O)Nc3ccc(Nc4ccccc4)cc3)cnc12. The van der Waals surface area contributed by atoms with E-state index in [1.807, 2.05) is 73.7 Å². The highest BCUT2D eigenvalue weighted by atomic mass is 16.2. The Morgan fingerprint density at radius 2 is 1.59 bits per heavy atom. The zero-order valence-electron chi connectivity index (χ0n) is 15.9. The molecule has 0 spiro atoms. The molecule has 2 N–H and O–H groups in total. The molecule has 0 aliphatic rings. The molecule has 1 heterocycles. The monoisotopic (exact) mass is 384 g/mol. The molecule has 4 rings (SSSR count). The summed E-state index contributed by atoms with van der Waals surface area (Å²) in [6, 6.07) is 22.7. The molecule has 6 heteroatoms. The standard InChI is InChI=1S/C23H20N4O2/c1-16-6-5-9-20-22(16)24-15-27(23(20)29)14-21(28)26-19-12-10-18(11-13-19)25-17-7-3-2-4-8-17/h2-13,15,25H,14H2,1H3,(H,26,28). The molecule has 0 aliphatic heterocycles. The Balaban J connectivity index is 1.44. The fraction of sp³-hybridized carbons (Fsp3) is 0.0870. The molecule has 144 valence electrons. The topological polar surface area (TPSA) is 76.0 Å². The van der Waals surface area contributed by atoms with Gasteiger partial charge in [0.2, 0.25) is 5.91 Å². The molecule has 0 saturated heterocycles. The van der Waals surface area contributed by atoms with Gasteiger partial charge in [0.1, 0.15) is 6.54 Å². The van der Waals surface area contributed by atoms with Crippen LogP contribution in [0, 0.1) is 6.92 Å². The fourth-order valence-corrected chi connectivity index (χ4v) is 3.13. The van der Waals surface area contributed by atoms with E-state index in [2.05, 4.69) is 15.6 Å². The summed E-state index contributed by atoms with van der Waals surface area (Å²) in [5.41, 5.74) is 3.93. The Hall–Kier alpha value is -3.93. The van der Waals surface area contributed by atoms with Crippen LogP contribution < -0.4 is 16.2 Å². The van der Waals surface area contributed by atoms with E-state index < -0.39 is 0 Å². The summed E-state index contributed by atoms with van der Waals surface area (Å²) in [5, 5.41) is 6.61. The molecule has 1 aromatic heterocycles. The van der Waals surface area contributed by atoms with E-state index >= 15 is 0 Å². The number of nitrogens with one attached hydrogen (secondary N) is 2. The number of carbonyl (C=O) groups excluding carboxylic acids is 1. The zero-order chi connectivity index (χ0) is 20.2. The molecule has 0 unspecified atom stereocenters. The first-order chi connectivity index (χ1) is 14.1. The molecule has 0 radical (unpaired) electrons. The highest BCUT2D eigenvalue weighted by Gasteiger charge is 2.09. The number of aromatic nitrogens is 2. The van der Waals surface area contributed by atoms with E-state index in [1.165, 1.54) is 10.9 Å². The Kier molecular flexibility index (Phi) is 5.07. The molecule has 3 aromatic carbocycles. The minimum absolute atomic E-state index is 0.0975. The van der Waals surface area contributed by atoms with Crippen molar-refractivity contribution in [2.24, 2.45) is 0 Å². The third-order valence-corrected chi connectivity index (χ3v) is 4.60. The van der Waals surface area contributed by atoms with Gasteiger partial charge in [-0.2, -0.15) is 0 Å². The van der Waals surface area contributed by atoms with Crippen molar-refractivity contribution in [2.75, 3.05) is 10.6 Å². The van der Waals surface area contributed by atoms with Crippen molar-refractivity contribution in [1.29, 1.82) is 0 Å². The van der Waals surface area contributed by atoms with Gasteiger partial charge in [-0.3, -0.25) is 14.2 Å². The van der Waals surface area contributed by atoms with Crippen molar-refractivity contribution in [3.63, 3.8) is 0 Å². The highest BCUT2D eigenvalue weighted by molar-refractivity contribution is 5.91. The van der Waals surface area contributed by atoms with Gasteiger partial charge in [-0.15, -0.1) is 0 Å². The van der Waals surface area contributed by atoms with Crippen molar-refractivity contribution in [1.82, 2.24) is 9.55 Å². The Bertz CT molecular complexity index is 1220. The van der Waals surface area contributed by atoms with Gasteiger partial charge >= 0.3 is 0 Å². The largest absolute Gasteiger partial charge is 0.356 e. The minimum atomic E-state index is -0.287. The minimum Gasteiger partial charge on any atom is -0.356 e.